The predicted octanol–water partition coefficient (Wildman–Crippen LogP) is 4.87. The van der Waals surface area contributed by atoms with Gasteiger partial charge in [0.25, 0.3) is 0 Å². The second kappa shape index (κ2) is 9.11. The minimum absolute atomic E-state index is 0.157. The highest BCUT2D eigenvalue weighted by Gasteiger charge is 2.16. The first-order valence-corrected chi connectivity index (χ1v) is 7.65. The number of benzene rings is 1. The average molecular weight is 263 g/mol. The third kappa shape index (κ3) is 5.75. The number of hydroxylamine groups is 1. The maximum atomic E-state index is 5.99. The smallest absolute Gasteiger partial charge is 0.104 e. The van der Waals surface area contributed by atoms with Gasteiger partial charge in [-0.05, 0) is 24.3 Å². The third-order valence-corrected chi connectivity index (χ3v) is 3.49. The van der Waals surface area contributed by atoms with Gasteiger partial charge in [-0.25, -0.2) is 0 Å². The van der Waals surface area contributed by atoms with E-state index < -0.39 is 0 Å². The topological polar surface area (TPSA) is 21.3 Å². The molecule has 0 aromatic heterocycles. The number of nitrogens with one attached hydrogen (secondary N) is 1. The summed E-state index contributed by atoms with van der Waals surface area (Å²) in [7, 11) is 0. The van der Waals surface area contributed by atoms with E-state index in [-0.39, 0.29) is 6.10 Å². The van der Waals surface area contributed by atoms with Gasteiger partial charge in [-0.3, -0.25) is 4.84 Å². The second-order valence-corrected chi connectivity index (χ2v) is 5.56. The van der Waals surface area contributed by atoms with Gasteiger partial charge in [0, 0.05) is 6.04 Å². The number of rotatable bonds is 9. The molecule has 19 heavy (non-hydrogen) atoms. The maximum Gasteiger partial charge on any atom is 0.104 e. The van der Waals surface area contributed by atoms with E-state index in [2.05, 4.69) is 57.4 Å². The van der Waals surface area contributed by atoms with Crippen LogP contribution in [0.4, 0.5) is 0 Å². The van der Waals surface area contributed by atoms with Gasteiger partial charge in [0.15, 0.2) is 0 Å². The van der Waals surface area contributed by atoms with Gasteiger partial charge >= 0.3 is 0 Å². The molecule has 0 aliphatic rings. The summed E-state index contributed by atoms with van der Waals surface area (Å²) in [6.45, 7) is 8.91. The van der Waals surface area contributed by atoms with E-state index in [1.807, 2.05) is 6.07 Å². The Labute approximate surface area is 118 Å². The highest BCUT2D eigenvalue weighted by atomic mass is 16.7. The molecule has 0 saturated heterocycles. The lowest BCUT2D eigenvalue weighted by atomic mass is 10.0. The molecule has 0 fully saturated rings. The Balaban J connectivity index is 2.58. The molecule has 1 aromatic carbocycles. The van der Waals surface area contributed by atoms with Crippen molar-refractivity contribution in [3.63, 3.8) is 0 Å². The SMILES string of the molecule is CCCC(NO[C@H](CCC)c1ccccc1)C(C)C. The van der Waals surface area contributed by atoms with Crippen LogP contribution in [0.1, 0.15) is 65.0 Å². The third-order valence-electron chi connectivity index (χ3n) is 3.49. The van der Waals surface area contributed by atoms with Crippen LogP contribution in [-0.4, -0.2) is 6.04 Å². The van der Waals surface area contributed by atoms with Crippen molar-refractivity contribution in [3.05, 3.63) is 35.9 Å². The summed E-state index contributed by atoms with van der Waals surface area (Å²) in [5.74, 6) is 0.595. The van der Waals surface area contributed by atoms with Crippen molar-refractivity contribution in [1.82, 2.24) is 5.48 Å². The molecule has 0 amide bonds. The van der Waals surface area contributed by atoms with Crippen molar-refractivity contribution in [2.24, 2.45) is 5.92 Å². The lowest BCUT2D eigenvalue weighted by Gasteiger charge is -2.25. The zero-order chi connectivity index (χ0) is 14.1. The van der Waals surface area contributed by atoms with Crippen molar-refractivity contribution in [2.75, 3.05) is 0 Å². The average Bonchev–Trinajstić information content (AvgIpc) is 2.42. The summed E-state index contributed by atoms with van der Waals surface area (Å²) in [4.78, 5) is 5.99. The fourth-order valence-corrected chi connectivity index (χ4v) is 2.23. The molecule has 0 spiro atoms. The van der Waals surface area contributed by atoms with Crippen molar-refractivity contribution >= 4 is 0 Å². The standard InChI is InChI=1S/C17H29NO/c1-5-10-16(14(3)4)18-19-17(11-6-2)15-12-8-7-9-13-15/h7-9,12-14,16-18H,5-6,10-11H2,1-4H3/t16?,17-/m1/s1. The lowest BCUT2D eigenvalue weighted by molar-refractivity contribution is -0.0590. The van der Waals surface area contributed by atoms with Gasteiger partial charge in [-0.1, -0.05) is 70.9 Å². The Morgan fingerprint density at radius 2 is 1.63 bits per heavy atom. The fourth-order valence-electron chi connectivity index (χ4n) is 2.23. The Morgan fingerprint density at radius 3 is 2.16 bits per heavy atom. The van der Waals surface area contributed by atoms with Crippen LogP contribution < -0.4 is 5.48 Å². The molecule has 1 unspecified atom stereocenters. The van der Waals surface area contributed by atoms with E-state index in [0.29, 0.717) is 12.0 Å². The van der Waals surface area contributed by atoms with Gasteiger partial charge < -0.3 is 0 Å². The van der Waals surface area contributed by atoms with Crippen LogP contribution in [0.5, 0.6) is 0 Å². The highest BCUT2D eigenvalue weighted by Crippen LogP contribution is 2.22. The van der Waals surface area contributed by atoms with Gasteiger partial charge in [0.2, 0.25) is 0 Å². The Hall–Kier alpha value is -0.860. The quantitative estimate of drug-likeness (QED) is 0.641. The molecule has 2 heteroatoms. The Kier molecular flexibility index (Phi) is 7.76. The van der Waals surface area contributed by atoms with Crippen molar-refractivity contribution in [3.8, 4) is 0 Å². The van der Waals surface area contributed by atoms with E-state index in [4.69, 9.17) is 4.84 Å². The van der Waals surface area contributed by atoms with E-state index >= 15 is 0 Å². The molecule has 0 bridgehead atoms. The van der Waals surface area contributed by atoms with Gasteiger partial charge in [-0.2, -0.15) is 5.48 Å². The van der Waals surface area contributed by atoms with E-state index in [9.17, 15) is 0 Å². The molecule has 0 heterocycles. The molecule has 1 N–H and O–H groups in total. The van der Waals surface area contributed by atoms with Gasteiger partial charge in [-0.15, -0.1) is 0 Å². The summed E-state index contributed by atoms with van der Waals surface area (Å²) in [5, 5.41) is 0. The van der Waals surface area contributed by atoms with Crippen LogP contribution in [0.2, 0.25) is 0 Å². The molecule has 0 aliphatic carbocycles. The van der Waals surface area contributed by atoms with Crippen LogP contribution in [0.15, 0.2) is 30.3 Å². The van der Waals surface area contributed by atoms with Gasteiger partial charge in [0.05, 0.1) is 0 Å². The van der Waals surface area contributed by atoms with Crippen LogP contribution in [0.3, 0.4) is 0 Å². The monoisotopic (exact) mass is 263 g/mol. The first kappa shape index (κ1) is 16.2. The number of hydrogen-bond donors (Lipinski definition) is 1. The molecule has 1 rings (SSSR count). The summed E-state index contributed by atoms with van der Waals surface area (Å²) in [5.41, 5.74) is 4.56. The molecule has 2 nitrogen and oxygen atoms in total. The molecular weight excluding hydrogens is 234 g/mol. The van der Waals surface area contributed by atoms with Crippen molar-refractivity contribution in [2.45, 2.75) is 65.5 Å². The molecule has 108 valence electrons. The first-order valence-electron chi connectivity index (χ1n) is 7.65. The molecule has 2 atom stereocenters. The van der Waals surface area contributed by atoms with Crippen LogP contribution >= 0.6 is 0 Å². The predicted molar refractivity (Wildman–Crippen MR) is 81.8 cm³/mol. The van der Waals surface area contributed by atoms with Crippen LogP contribution in [0.25, 0.3) is 0 Å². The van der Waals surface area contributed by atoms with Crippen molar-refractivity contribution in [1.29, 1.82) is 0 Å². The number of hydrogen-bond acceptors (Lipinski definition) is 2. The first-order chi connectivity index (χ1) is 9.19. The maximum absolute atomic E-state index is 5.99. The minimum Gasteiger partial charge on any atom is -0.293 e. The van der Waals surface area contributed by atoms with E-state index in [1.165, 1.54) is 12.0 Å². The Bertz CT molecular complexity index is 323. The minimum atomic E-state index is 0.157. The van der Waals surface area contributed by atoms with Crippen LogP contribution in [-0.2, 0) is 4.84 Å². The molecule has 0 aliphatic heterocycles. The fraction of sp³-hybridized carbons (Fsp3) is 0.647. The summed E-state index contributed by atoms with van der Waals surface area (Å²) < 4.78 is 0. The van der Waals surface area contributed by atoms with E-state index in [1.54, 1.807) is 0 Å². The molecule has 0 radical (unpaired) electrons. The molecule has 0 saturated carbocycles. The van der Waals surface area contributed by atoms with Crippen LogP contribution in [0, 0.1) is 5.92 Å². The van der Waals surface area contributed by atoms with Gasteiger partial charge in [0.1, 0.15) is 6.10 Å². The molecular formula is C17H29NO. The summed E-state index contributed by atoms with van der Waals surface area (Å²) in [6.07, 6.45) is 4.67. The second-order valence-electron chi connectivity index (χ2n) is 5.56. The summed E-state index contributed by atoms with van der Waals surface area (Å²) >= 11 is 0. The zero-order valence-corrected chi connectivity index (χ0v) is 12.9. The van der Waals surface area contributed by atoms with Crippen molar-refractivity contribution < 1.29 is 4.84 Å². The van der Waals surface area contributed by atoms with E-state index in [0.717, 1.165) is 19.3 Å². The molecule has 1 aromatic rings. The lowest BCUT2D eigenvalue weighted by Crippen LogP contribution is -2.35. The Morgan fingerprint density at radius 1 is 1.00 bits per heavy atom. The normalized spacial score (nSPS) is 14.6. The largest absolute Gasteiger partial charge is 0.293 e. The summed E-state index contributed by atoms with van der Waals surface area (Å²) in [6, 6.07) is 10.9. The zero-order valence-electron chi connectivity index (χ0n) is 12.9. The highest BCUT2D eigenvalue weighted by molar-refractivity contribution is 5.17.